The summed E-state index contributed by atoms with van der Waals surface area (Å²) < 4.78 is 1.44. The molecule has 0 radical (unpaired) electrons. The number of aliphatic carboxylic acids is 1. The van der Waals surface area contributed by atoms with Crippen LogP contribution in [0.5, 0.6) is 0 Å². The normalized spacial score (nSPS) is 12.4. The Bertz CT molecular complexity index is 594. The molecule has 0 saturated heterocycles. The van der Waals surface area contributed by atoms with Crippen molar-refractivity contribution in [3.8, 4) is 11.4 Å². The van der Waals surface area contributed by atoms with Crippen LogP contribution < -0.4 is 0 Å². The summed E-state index contributed by atoms with van der Waals surface area (Å²) in [7, 11) is 0. The number of hydrogen-bond donors (Lipinski definition) is 1. The van der Waals surface area contributed by atoms with E-state index in [1.807, 2.05) is 0 Å². The molecule has 0 aliphatic heterocycles. The summed E-state index contributed by atoms with van der Waals surface area (Å²) in [5, 5.41) is 21.0. The third-order valence-corrected chi connectivity index (χ3v) is 2.94. The van der Waals surface area contributed by atoms with Gasteiger partial charge in [0.15, 0.2) is 5.82 Å². The second-order valence-electron chi connectivity index (χ2n) is 4.05. The van der Waals surface area contributed by atoms with Crippen LogP contribution in [0.25, 0.3) is 11.4 Å². The molecule has 1 aromatic heterocycles. The number of carboxylic acid groups (broad SMARTS) is 1. The number of tetrazole rings is 1. The fourth-order valence-electron chi connectivity index (χ4n) is 1.70. The molecule has 1 aromatic carbocycles. The molecule has 0 aliphatic rings. The van der Waals surface area contributed by atoms with Crippen molar-refractivity contribution in [1.82, 2.24) is 20.2 Å². The van der Waals surface area contributed by atoms with Crippen LogP contribution in [0.3, 0.4) is 0 Å². The largest absolute Gasteiger partial charge is 0.481 e. The zero-order chi connectivity index (χ0) is 14.0. The molecule has 8 heteroatoms. The molecule has 1 atom stereocenters. The first-order chi connectivity index (χ1) is 8.97. The number of aromatic nitrogens is 4. The topological polar surface area (TPSA) is 80.9 Å². The molecule has 2 aromatic rings. The first-order valence-electron chi connectivity index (χ1n) is 5.43. The van der Waals surface area contributed by atoms with Crippen molar-refractivity contribution in [2.45, 2.75) is 19.4 Å². The molecular formula is C11H10Cl2N4O2. The number of carboxylic acids is 1. The highest BCUT2D eigenvalue weighted by atomic mass is 35.5. The van der Waals surface area contributed by atoms with Crippen molar-refractivity contribution >= 4 is 29.2 Å². The average molecular weight is 301 g/mol. The SMILES string of the molecule is CC(CC(=O)O)n1nnnc1-c1cc(Cl)cc(Cl)c1. The van der Waals surface area contributed by atoms with Crippen molar-refractivity contribution in [3.63, 3.8) is 0 Å². The number of nitrogens with zero attached hydrogens (tertiary/aromatic N) is 4. The molecule has 0 amide bonds. The second-order valence-corrected chi connectivity index (χ2v) is 4.92. The summed E-state index contributed by atoms with van der Waals surface area (Å²) in [6, 6.07) is 4.56. The summed E-state index contributed by atoms with van der Waals surface area (Å²) in [6.07, 6.45) is -0.0770. The number of halogens is 2. The van der Waals surface area contributed by atoms with Crippen LogP contribution in [0.4, 0.5) is 0 Å². The number of hydrogen-bond acceptors (Lipinski definition) is 4. The fourth-order valence-corrected chi connectivity index (χ4v) is 2.23. The second kappa shape index (κ2) is 5.54. The van der Waals surface area contributed by atoms with Gasteiger partial charge in [-0.25, -0.2) is 4.68 Å². The molecule has 1 unspecified atom stereocenters. The van der Waals surface area contributed by atoms with Gasteiger partial charge in [-0.15, -0.1) is 5.10 Å². The molecule has 0 fully saturated rings. The summed E-state index contributed by atoms with van der Waals surface area (Å²) in [5.74, 6) is -0.490. The van der Waals surface area contributed by atoms with E-state index in [-0.39, 0.29) is 12.5 Å². The molecular weight excluding hydrogens is 291 g/mol. The molecule has 0 spiro atoms. The Labute approximate surface area is 118 Å². The first kappa shape index (κ1) is 13.8. The third kappa shape index (κ3) is 3.21. The maximum atomic E-state index is 10.7. The predicted molar refractivity (Wildman–Crippen MR) is 70.2 cm³/mol. The van der Waals surface area contributed by atoms with Crippen LogP contribution in [-0.4, -0.2) is 31.3 Å². The van der Waals surface area contributed by atoms with E-state index in [0.29, 0.717) is 21.4 Å². The van der Waals surface area contributed by atoms with Crippen LogP contribution in [-0.2, 0) is 4.79 Å². The molecule has 100 valence electrons. The minimum Gasteiger partial charge on any atom is -0.481 e. The summed E-state index contributed by atoms with van der Waals surface area (Å²) in [4.78, 5) is 10.7. The molecule has 6 nitrogen and oxygen atoms in total. The van der Waals surface area contributed by atoms with Crippen LogP contribution >= 0.6 is 23.2 Å². The lowest BCUT2D eigenvalue weighted by atomic mass is 10.2. The van der Waals surface area contributed by atoms with Crippen LogP contribution in [0.15, 0.2) is 18.2 Å². The molecule has 1 N–H and O–H groups in total. The summed E-state index contributed by atoms with van der Waals surface area (Å²) in [6.45, 7) is 1.72. The van der Waals surface area contributed by atoms with Gasteiger partial charge in [-0.05, 0) is 35.5 Å². The predicted octanol–water partition coefficient (Wildman–Crippen LogP) is 2.68. The van der Waals surface area contributed by atoms with Crippen LogP contribution in [0.1, 0.15) is 19.4 Å². The Morgan fingerprint density at radius 3 is 2.58 bits per heavy atom. The quantitative estimate of drug-likeness (QED) is 0.939. The van der Waals surface area contributed by atoms with Crippen LogP contribution in [0.2, 0.25) is 10.0 Å². The van der Waals surface area contributed by atoms with Gasteiger partial charge < -0.3 is 5.11 Å². The van der Waals surface area contributed by atoms with Crippen molar-refractivity contribution in [2.24, 2.45) is 0 Å². The first-order valence-corrected chi connectivity index (χ1v) is 6.19. The lowest BCUT2D eigenvalue weighted by molar-refractivity contribution is -0.137. The van der Waals surface area contributed by atoms with Gasteiger partial charge in [-0.1, -0.05) is 23.2 Å². The highest BCUT2D eigenvalue weighted by molar-refractivity contribution is 6.35. The monoisotopic (exact) mass is 300 g/mol. The van der Waals surface area contributed by atoms with Crippen molar-refractivity contribution < 1.29 is 9.90 Å². The van der Waals surface area contributed by atoms with E-state index >= 15 is 0 Å². The smallest absolute Gasteiger partial charge is 0.305 e. The van der Waals surface area contributed by atoms with E-state index in [1.165, 1.54) is 4.68 Å². The maximum absolute atomic E-state index is 10.7. The highest BCUT2D eigenvalue weighted by Crippen LogP contribution is 2.27. The summed E-state index contributed by atoms with van der Waals surface area (Å²) in [5.41, 5.74) is 0.639. The van der Waals surface area contributed by atoms with Gasteiger partial charge in [0.05, 0.1) is 12.5 Å². The lowest BCUT2D eigenvalue weighted by Gasteiger charge is -2.11. The highest BCUT2D eigenvalue weighted by Gasteiger charge is 2.17. The van der Waals surface area contributed by atoms with E-state index in [2.05, 4.69) is 15.5 Å². The molecule has 1 heterocycles. The standard InChI is InChI=1S/C11H10Cl2N4O2/c1-6(2-10(18)19)17-11(14-15-16-17)7-3-8(12)5-9(13)4-7/h3-6H,2H2,1H3,(H,18,19). The Kier molecular flexibility index (Phi) is 4.01. The molecule has 19 heavy (non-hydrogen) atoms. The van der Waals surface area contributed by atoms with E-state index in [1.54, 1.807) is 25.1 Å². The zero-order valence-electron chi connectivity index (χ0n) is 9.92. The maximum Gasteiger partial charge on any atom is 0.305 e. The van der Waals surface area contributed by atoms with E-state index < -0.39 is 5.97 Å². The van der Waals surface area contributed by atoms with Gasteiger partial charge >= 0.3 is 5.97 Å². The molecule has 2 rings (SSSR count). The lowest BCUT2D eigenvalue weighted by Crippen LogP contribution is -2.13. The van der Waals surface area contributed by atoms with Crippen molar-refractivity contribution in [2.75, 3.05) is 0 Å². The number of rotatable bonds is 4. The minimum absolute atomic E-state index is 0.0770. The summed E-state index contributed by atoms with van der Waals surface area (Å²) >= 11 is 11.9. The zero-order valence-corrected chi connectivity index (χ0v) is 11.4. The Balaban J connectivity index is 2.41. The van der Waals surface area contributed by atoms with E-state index in [4.69, 9.17) is 28.3 Å². The van der Waals surface area contributed by atoms with E-state index in [9.17, 15) is 4.79 Å². The van der Waals surface area contributed by atoms with Gasteiger partial charge in [0.1, 0.15) is 0 Å². The van der Waals surface area contributed by atoms with Gasteiger partial charge in [0.2, 0.25) is 0 Å². The van der Waals surface area contributed by atoms with Gasteiger partial charge in [-0.3, -0.25) is 4.79 Å². The van der Waals surface area contributed by atoms with Crippen molar-refractivity contribution in [3.05, 3.63) is 28.2 Å². The van der Waals surface area contributed by atoms with Gasteiger partial charge in [0.25, 0.3) is 0 Å². The molecule has 0 aliphatic carbocycles. The van der Waals surface area contributed by atoms with E-state index in [0.717, 1.165) is 0 Å². The van der Waals surface area contributed by atoms with Gasteiger partial charge in [-0.2, -0.15) is 0 Å². The average Bonchev–Trinajstić information content (AvgIpc) is 2.75. The van der Waals surface area contributed by atoms with Crippen LogP contribution in [0, 0.1) is 0 Å². The fraction of sp³-hybridized carbons (Fsp3) is 0.273. The Morgan fingerprint density at radius 2 is 2.00 bits per heavy atom. The number of carbonyl (C=O) groups is 1. The molecule has 0 saturated carbocycles. The number of benzene rings is 1. The van der Waals surface area contributed by atoms with Crippen molar-refractivity contribution in [1.29, 1.82) is 0 Å². The minimum atomic E-state index is -0.918. The third-order valence-electron chi connectivity index (χ3n) is 2.50. The van der Waals surface area contributed by atoms with Gasteiger partial charge in [0, 0.05) is 15.6 Å². The molecule has 0 bridgehead atoms. The Hall–Kier alpha value is -1.66. The Morgan fingerprint density at radius 1 is 1.37 bits per heavy atom.